The molecule has 3 rings (SSSR count). The fourth-order valence-electron chi connectivity index (χ4n) is 3.79. The van der Waals surface area contributed by atoms with Crippen LogP contribution in [0.4, 0.5) is 13.2 Å². The molecular weight excluding hydrogens is 279 g/mol. The number of rotatable bonds is 3. The van der Waals surface area contributed by atoms with Gasteiger partial charge in [0.25, 0.3) is 5.91 Å². The normalized spacial score (nSPS) is 27.9. The molecule has 21 heavy (non-hydrogen) atoms. The second-order valence-corrected chi connectivity index (χ2v) is 6.22. The highest BCUT2D eigenvalue weighted by Crippen LogP contribution is 2.47. The van der Waals surface area contributed by atoms with Crippen molar-refractivity contribution in [1.82, 2.24) is 5.32 Å². The molecule has 0 heterocycles. The fraction of sp³-hybridized carbons (Fsp3) is 0.562. The summed E-state index contributed by atoms with van der Waals surface area (Å²) in [6.45, 7) is 0.580. The van der Waals surface area contributed by atoms with Crippen molar-refractivity contribution in [2.75, 3.05) is 6.54 Å². The summed E-state index contributed by atoms with van der Waals surface area (Å²) in [4.78, 5) is 12.0. The maximum Gasteiger partial charge on any atom is 0.416 e. The average Bonchev–Trinajstić information content (AvgIpc) is 3.06. The Morgan fingerprint density at radius 1 is 1.24 bits per heavy atom. The quantitative estimate of drug-likeness (QED) is 0.901. The van der Waals surface area contributed by atoms with E-state index in [1.807, 2.05) is 0 Å². The Morgan fingerprint density at radius 3 is 2.67 bits per heavy atom. The molecular formula is C16H18F3NO. The first-order chi connectivity index (χ1) is 9.93. The highest BCUT2D eigenvalue weighted by Gasteiger charge is 2.39. The number of carbonyl (C=O) groups excluding carboxylic acids is 1. The van der Waals surface area contributed by atoms with Gasteiger partial charge >= 0.3 is 6.18 Å². The lowest BCUT2D eigenvalue weighted by atomic mass is 9.89. The minimum atomic E-state index is -4.42. The molecule has 2 aliphatic rings. The molecule has 0 saturated heterocycles. The molecule has 0 radical (unpaired) electrons. The minimum Gasteiger partial charge on any atom is -0.352 e. The van der Waals surface area contributed by atoms with Crippen molar-refractivity contribution in [3.63, 3.8) is 0 Å². The van der Waals surface area contributed by atoms with Gasteiger partial charge in [-0.2, -0.15) is 13.2 Å². The van der Waals surface area contributed by atoms with E-state index < -0.39 is 17.6 Å². The topological polar surface area (TPSA) is 29.1 Å². The number of carbonyl (C=O) groups is 1. The molecule has 1 amide bonds. The van der Waals surface area contributed by atoms with Gasteiger partial charge < -0.3 is 5.32 Å². The zero-order valence-electron chi connectivity index (χ0n) is 11.6. The molecule has 5 heteroatoms. The number of fused-ring (bicyclic) bond motifs is 2. The monoisotopic (exact) mass is 297 g/mol. The second kappa shape index (κ2) is 5.35. The van der Waals surface area contributed by atoms with Crippen LogP contribution >= 0.6 is 0 Å². The molecule has 2 saturated carbocycles. The first kappa shape index (κ1) is 14.4. The molecule has 2 bridgehead atoms. The standard InChI is InChI=1S/C16H18F3NO/c17-16(18,19)14-3-1-2-12(8-14)15(21)20-9-13-7-10-4-5-11(13)6-10/h1-3,8,10-11,13H,4-7,9H2,(H,20,21). The zero-order chi connectivity index (χ0) is 15.0. The molecule has 2 fully saturated rings. The van der Waals surface area contributed by atoms with Crippen LogP contribution in [0.15, 0.2) is 24.3 Å². The largest absolute Gasteiger partial charge is 0.416 e. The van der Waals surface area contributed by atoms with Gasteiger partial charge in [-0.15, -0.1) is 0 Å². The summed E-state index contributed by atoms with van der Waals surface area (Å²) in [5, 5.41) is 2.80. The van der Waals surface area contributed by atoms with Gasteiger partial charge in [-0.3, -0.25) is 4.79 Å². The first-order valence-electron chi connectivity index (χ1n) is 7.39. The predicted octanol–water partition coefficient (Wildman–Crippen LogP) is 3.87. The number of hydrogen-bond acceptors (Lipinski definition) is 1. The average molecular weight is 297 g/mol. The Kier molecular flexibility index (Phi) is 3.68. The van der Waals surface area contributed by atoms with E-state index >= 15 is 0 Å². The summed E-state index contributed by atoms with van der Waals surface area (Å²) in [6, 6.07) is 4.59. The Balaban J connectivity index is 1.60. The van der Waals surface area contributed by atoms with Crippen LogP contribution in [0.25, 0.3) is 0 Å². The van der Waals surface area contributed by atoms with Crippen LogP contribution in [0.1, 0.15) is 41.6 Å². The first-order valence-corrected chi connectivity index (χ1v) is 7.39. The molecule has 114 valence electrons. The molecule has 2 aliphatic carbocycles. The summed E-state index contributed by atoms with van der Waals surface area (Å²) < 4.78 is 37.9. The summed E-state index contributed by atoms with van der Waals surface area (Å²) in [7, 11) is 0. The maximum atomic E-state index is 12.6. The molecule has 3 atom stereocenters. The van der Waals surface area contributed by atoms with E-state index in [4.69, 9.17) is 0 Å². The van der Waals surface area contributed by atoms with Gasteiger partial charge in [-0.1, -0.05) is 12.5 Å². The van der Waals surface area contributed by atoms with Gasteiger partial charge in [0.05, 0.1) is 5.56 Å². The van der Waals surface area contributed by atoms with Crippen molar-refractivity contribution in [2.45, 2.75) is 31.9 Å². The van der Waals surface area contributed by atoms with Crippen LogP contribution in [0.2, 0.25) is 0 Å². The van der Waals surface area contributed by atoms with Crippen molar-refractivity contribution in [3.8, 4) is 0 Å². The zero-order valence-corrected chi connectivity index (χ0v) is 11.6. The molecule has 0 aromatic heterocycles. The number of benzene rings is 1. The number of nitrogens with one attached hydrogen (secondary N) is 1. The van der Waals surface area contributed by atoms with Crippen LogP contribution in [0.3, 0.4) is 0 Å². The Morgan fingerprint density at radius 2 is 2.05 bits per heavy atom. The molecule has 1 aromatic carbocycles. The number of amides is 1. The van der Waals surface area contributed by atoms with Gasteiger partial charge in [0.2, 0.25) is 0 Å². The van der Waals surface area contributed by atoms with Crippen molar-refractivity contribution < 1.29 is 18.0 Å². The van der Waals surface area contributed by atoms with E-state index in [1.54, 1.807) is 0 Å². The van der Waals surface area contributed by atoms with Crippen LogP contribution in [0, 0.1) is 17.8 Å². The highest BCUT2D eigenvalue weighted by molar-refractivity contribution is 5.94. The van der Waals surface area contributed by atoms with Crippen LogP contribution in [-0.4, -0.2) is 12.5 Å². The van der Waals surface area contributed by atoms with E-state index in [9.17, 15) is 18.0 Å². The summed E-state index contributed by atoms with van der Waals surface area (Å²) in [5.74, 6) is 1.57. The Bertz CT molecular complexity index is 541. The van der Waals surface area contributed by atoms with E-state index in [2.05, 4.69) is 5.32 Å². The second-order valence-electron chi connectivity index (χ2n) is 6.22. The van der Waals surface area contributed by atoms with Gasteiger partial charge in [-0.25, -0.2) is 0 Å². The lowest BCUT2D eigenvalue weighted by Crippen LogP contribution is -2.31. The lowest BCUT2D eigenvalue weighted by molar-refractivity contribution is -0.137. The fourth-order valence-corrected chi connectivity index (χ4v) is 3.79. The Hall–Kier alpha value is -1.52. The van der Waals surface area contributed by atoms with Crippen molar-refractivity contribution in [1.29, 1.82) is 0 Å². The summed E-state index contributed by atoms with van der Waals surface area (Å²) >= 11 is 0. The van der Waals surface area contributed by atoms with Gasteiger partial charge in [0, 0.05) is 12.1 Å². The number of hydrogen-bond donors (Lipinski definition) is 1. The van der Waals surface area contributed by atoms with Crippen molar-refractivity contribution in [3.05, 3.63) is 35.4 Å². The van der Waals surface area contributed by atoms with Crippen LogP contribution < -0.4 is 5.32 Å². The van der Waals surface area contributed by atoms with Gasteiger partial charge in [-0.05, 0) is 55.2 Å². The maximum absolute atomic E-state index is 12.6. The predicted molar refractivity (Wildman–Crippen MR) is 72.7 cm³/mol. The van der Waals surface area contributed by atoms with Gasteiger partial charge in [0.15, 0.2) is 0 Å². The molecule has 2 nitrogen and oxygen atoms in total. The number of alkyl halides is 3. The third kappa shape index (κ3) is 3.06. The Labute approximate surface area is 121 Å². The summed E-state index contributed by atoms with van der Waals surface area (Å²) in [6.07, 6.45) is 0.510. The minimum absolute atomic E-state index is 0.0768. The molecule has 0 spiro atoms. The summed E-state index contributed by atoms with van der Waals surface area (Å²) in [5.41, 5.74) is -0.706. The van der Waals surface area contributed by atoms with E-state index in [0.29, 0.717) is 18.4 Å². The van der Waals surface area contributed by atoms with E-state index in [0.717, 1.165) is 24.5 Å². The van der Waals surface area contributed by atoms with Crippen LogP contribution in [0.5, 0.6) is 0 Å². The molecule has 3 unspecified atom stereocenters. The van der Waals surface area contributed by atoms with Crippen LogP contribution in [-0.2, 0) is 6.18 Å². The molecule has 1 aromatic rings. The van der Waals surface area contributed by atoms with E-state index in [1.165, 1.54) is 31.4 Å². The van der Waals surface area contributed by atoms with Gasteiger partial charge in [0.1, 0.15) is 0 Å². The number of halogens is 3. The lowest BCUT2D eigenvalue weighted by Gasteiger charge is -2.21. The van der Waals surface area contributed by atoms with E-state index in [-0.39, 0.29) is 5.56 Å². The molecule has 1 N–H and O–H groups in total. The van der Waals surface area contributed by atoms with Crippen molar-refractivity contribution in [2.24, 2.45) is 17.8 Å². The van der Waals surface area contributed by atoms with Crippen molar-refractivity contribution >= 4 is 5.91 Å². The smallest absolute Gasteiger partial charge is 0.352 e. The highest BCUT2D eigenvalue weighted by atomic mass is 19.4. The SMILES string of the molecule is O=C(NCC1CC2CCC1C2)c1cccc(C(F)(F)F)c1. The third-order valence-corrected chi connectivity index (χ3v) is 4.86. The molecule has 0 aliphatic heterocycles. The third-order valence-electron chi connectivity index (χ3n) is 4.86.